The number of imidazole rings is 1. The molecule has 0 saturated carbocycles. The van der Waals surface area contributed by atoms with Crippen LogP contribution in [0, 0.1) is 0 Å². The van der Waals surface area contributed by atoms with Crippen LogP contribution in [-0.4, -0.2) is 9.55 Å². The molecule has 0 aliphatic heterocycles. The third-order valence-corrected chi connectivity index (χ3v) is 3.99. The second kappa shape index (κ2) is 4.57. The van der Waals surface area contributed by atoms with Crippen molar-refractivity contribution >= 4 is 22.9 Å². The lowest BCUT2D eigenvalue weighted by atomic mass is 10.2. The van der Waals surface area contributed by atoms with E-state index in [2.05, 4.69) is 16.5 Å². The molecule has 0 amide bonds. The Morgan fingerprint density at radius 3 is 2.75 bits per heavy atom. The van der Waals surface area contributed by atoms with Gasteiger partial charge in [-0.3, -0.25) is 0 Å². The number of nitrogens with zero attached hydrogens (tertiary/aromatic N) is 2. The zero-order valence-corrected chi connectivity index (χ0v) is 10.8. The van der Waals surface area contributed by atoms with Crippen LogP contribution in [0.4, 0.5) is 0 Å². The second-order valence-corrected chi connectivity index (χ2v) is 5.58. The van der Waals surface area contributed by atoms with Crippen LogP contribution < -0.4 is 5.73 Å². The van der Waals surface area contributed by atoms with Gasteiger partial charge >= 0.3 is 0 Å². The van der Waals surface area contributed by atoms with Crippen molar-refractivity contribution in [3.8, 4) is 0 Å². The summed E-state index contributed by atoms with van der Waals surface area (Å²) in [6.07, 6.45) is 3.63. The highest BCUT2D eigenvalue weighted by Gasteiger charge is 2.15. The fourth-order valence-electron chi connectivity index (χ4n) is 1.68. The lowest BCUT2D eigenvalue weighted by Crippen LogP contribution is -2.14. The third kappa shape index (κ3) is 2.14. The lowest BCUT2D eigenvalue weighted by molar-refractivity contribution is 0.589. The number of hydrogen-bond acceptors (Lipinski definition) is 3. The Hall–Kier alpha value is -0.840. The minimum Gasteiger partial charge on any atom is -0.325 e. The van der Waals surface area contributed by atoms with Crippen molar-refractivity contribution in [1.29, 1.82) is 0 Å². The maximum Gasteiger partial charge on any atom is 0.0954 e. The van der Waals surface area contributed by atoms with E-state index in [1.54, 1.807) is 11.3 Å². The van der Waals surface area contributed by atoms with Crippen molar-refractivity contribution in [2.75, 3.05) is 0 Å². The molecule has 0 saturated heterocycles. The van der Waals surface area contributed by atoms with Gasteiger partial charge in [0.1, 0.15) is 0 Å². The molecule has 0 bridgehead atoms. The van der Waals surface area contributed by atoms with E-state index in [-0.39, 0.29) is 12.1 Å². The number of thiophene rings is 1. The van der Waals surface area contributed by atoms with Gasteiger partial charge in [-0.25, -0.2) is 4.98 Å². The van der Waals surface area contributed by atoms with Crippen LogP contribution in [0.2, 0.25) is 4.34 Å². The molecule has 2 N–H and O–H groups in total. The maximum atomic E-state index is 5.94. The third-order valence-electron chi connectivity index (χ3n) is 2.59. The Labute approximate surface area is 104 Å². The zero-order chi connectivity index (χ0) is 11.7. The average Bonchev–Trinajstić information content (AvgIpc) is 2.84. The average molecular weight is 256 g/mol. The second-order valence-electron chi connectivity index (χ2n) is 3.83. The van der Waals surface area contributed by atoms with Crippen molar-refractivity contribution in [3.63, 3.8) is 0 Å². The summed E-state index contributed by atoms with van der Waals surface area (Å²) in [6.45, 7) is 4.08. The Kier molecular flexibility index (Phi) is 3.33. The molecule has 0 aliphatic rings. The molecule has 2 aromatic heterocycles. The molecule has 0 spiro atoms. The Bertz CT molecular complexity index is 475. The molecular formula is C11H14ClN3S. The molecule has 2 aromatic rings. The van der Waals surface area contributed by atoms with E-state index in [4.69, 9.17) is 17.3 Å². The van der Waals surface area contributed by atoms with Crippen LogP contribution in [0.5, 0.6) is 0 Å². The van der Waals surface area contributed by atoms with Gasteiger partial charge in [0.25, 0.3) is 0 Å². The summed E-state index contributed by atoms with van der Waals surface area (Å²) in [7, 11) is 0. The first-order chi connectivity index (χ1) is 7.59. The Morgan fingerprint density at radius 1 is 1.44 bits per heavy atom. The quantitative estimate of drug-likeness (QED) is 0.915. The molecule has 5 heteroatoms. The molecule has 0 radical (unpaired) electrons. The summed E-state index contributed by atoms with van der Waals surface area (Å²) >= 11 is 7.53. The van der Waals surface area contributed by atoms with Crippen molar-refractivity contribution in [3.05, 3.63) is 39.6 Å². The van der Waals surface area contributed by atoms with Gasteiger partial charge in [0.15, 0.2) is 0 Å². The van der Waals surface area contributed by atoms with E-state index in [1.165, 1.54) is 4.88 Å². The van der Waals surface area contributed by atoms with Gasteiger partial charge in [-0.15, -0.1) is 11.3 Å². The normalized spacial score (nSPS) is 15.0. The molecule has 2 rings (SSSR count). The number of halogens is 1. The summed E-state index contributed by atoms with van der Waals surface area (Å²) < 4.78 is 2.90. The maximum absolute atomic E-state index is 5.94. The van der Waals surface area contributed by atoms with Crippen LogP contribution >= 0.6 is 22.9 Å². The molecule has 2 heterocycles. The highest BCUT2D eigenvalue weighted by atomic mass is 35.5. The zero-order valence-electron chi connectivity index (χ0n) is 9.22. The topological polar surface area (TPSA) is 43.8 Å². The molecule has 3 nitrogen and oxygen atoms in total. The van der Waals surface area contributed by atoms with Gasteiger partial charge in [0.05, 0.1) is 22.4 Å². The molecule has 1 unspecified atom stereocenters. The van der Waals surface area contributed by atoms with Crippen molar-refractivity contribution < 1.29 is 0 Å². The van der Waals surface area contributed by atoms with Gasteiger partial charge in [-0.2, -0.15) is 0 Å². The van der Waals surface area contributed by atoms with Gasteiger partial charge in [0.2, 0.25) is 0 Å². The number of aromatic nitrogens is 2. The lowest BCUT2D eigenvalue weighted by Gasteiger charge is -2.16. The first-order valence-corrected chi connectivity index (χ1v) is 6.31. The van der Waals surface area contributed by atoms with Crippen LogP contribution in [0.25, 0.3) is 0 Å². The molecule has 0 aromatic carbocycles. The van der Waals surface area contributed by atoms with E-state index in [0.717, 1.165) is 10.0 Å². The fraction of sp³-hybridized carbons (Fsp3) is 0.364. The number of nitrogens with two attached hydrogens (primary N) is 1. The van der Waals surface area contributed by atoms with Crippen LogP contribution in [0.3, 0.4) is 0 Å². The first-order valence-electron chi connectivity index (χ1n) is 5.12. The standard InChI is InChI=1S/C11H14ClN3S/c1-7(13)9-5-14-6-15(9)8(2)10-3-4-11(12)16-10/h3-8H,13H2,1-2H3/t7-,8?/m0/s1. The van der Waals surface area contributed by atoms with E-state index in [0.29, 0.717) is 0 Å². The summed E-state index contributed by atoms with van der Waals surface area (Å²) in [6, 6.07) is 4.17. The monoisotopic (exact) mass is 255 g/mol. The smallest absolute Gasteiger partial charge is 0.0954 e. The molecule has 86 valence electrons. The molecular weight excluding hydrogens is 242 g/mol. The number of rotatable bonds is 3. The van der Waals surface area contributed by atoms with Gasteiger partial charge in [-0.05, 0) is 26.0 Å². The molecule has 0 fully saturated rings. The van der Waals surface area contributed by atoms with Gasteiger partial charge in [-0.1, -0.05) is 11.6 Å². The van der Waals surface area contributed by atoms with Crippen molar-refractivity contribution in [2.45, 2.75) is 25.9 Å². The fourth-order valence-corrected chi connectivity index (χ4v) is 2.79. The summed E-state index contributed by atoms with van der Waals surface area (Å²) in [5.41, 5.74) is 6.94. The Morgan fingerprint density at radius 2 is 2.19 bits per heavy atom. The minimum atomic E-state index is -0.0135. The van der Waals surface area contributed by atoms with Crippen molar-refractivity contribution in [1.82, 2.24) is 9.55 Å². The number of hydrogen-bond donors (Lipinski definition) is 1. The van der Waals surface area contributed by atoms with E-state index in [1.807, 2.05) is 31.6 Å². The summed E-state index contributed by atoms with van der Waals surface area (Å²) in [4.78, 5) is 5.36. The highest BCUT2D eigenvalue weighted by molar-refractivity contribution is 7.16. The van der Waals surface area contributed by atoms with E-state index >= 15 is 0 Å². The minimum absolute atomic E-state index is 0.0135. The Balaban J connectivity index is 2.33. The largest absolute Gasteiger partial charge is 0.325 e. The predicted molar refractivity (Wildman–Crippen MR) is 68.0 cm³/mol. The van der Waals surface area contributed by atoms with Gasteiger partial charge < -0.3 is 10.3 Å². The van der Waals surface area contributed by atoms with Crippen LogP contribution in [-0.2, 0) is 0 Å². The van der Waals surface area contributed by atoms with E-state index < -0.39 is 0 Å². The first kappa shape index (κ1) is 11.6. The molecule has 0 aliphatic carbocycles. The molecule has 16 heavy (non-hydrogen) atoms. The van der Waals surface area contributed by atoms with Crippen LogP contribution in [0.1, 0.15) is 36.5 Å². The SMILES string of the molecule is CC(c1ccc(Cl)s1)n1cncc1[C@H](C)N. The van der Waals surface area contributed by atoms with Crippen LogP contribution in [0.15, 0.2) is 24.7 Å². The summed E-state index contributed by atoms with van der Waals surface area (Å²) in [5, 5.41) is 0. The van der Waals surface area contributed by atoms with E-state index in [9.17, 15) is 0 Å². The highest BCUT2D eigenvalue weighted by Crippen LogP contribution is 2.30. The predicted octanol–water partition coefficient (Wildman–Crippen LogP) is 3.23. The molecule has 2 atom stereocenters. The van der Waals surface area contributed by atoms with Crippen molar-refractivity contribution in [2.24, 2.45) is 5.73 Å². The van der Waals surface area contributed by atoms with Gasteiger partial charge in [0, 0.05) is 17.1 Å². The summed E-state index contributed by atoms with van der Waals surface area (Å²) in [5.74, 6) is 0.